The van der Waals surface area contributed by atoms with Gasteiger partial charge in [-0.25, -0.2) is 4.79 Å². The van der Waals surface area contributed by atoms with Gasteiger partial charge < -0.3 is 10.1 Å². The molecule has 2 amide bonds. The zero-order valence-corrected chi connectivity index (χ0v) is 13.9. The normalized spacial score (nSPS) is 16.7. The average molecular weight is 342 g/mol. The minimum Gasteiger partial charge on any atom is -0.445 e. The lowest BCUT2D eigenvalue weighted by atomic mass is 10.2. The Bertz CT molecular complexity index is 694. The first-order valence-electron chi connectivity index (χ1n) is 7.65. The number of thioether (sulfide) groups is 1. The van der Waals surface area contributed by atoms with Gasteiger partial charge in [-0.1, -0.05) is 48.5 Å². The number of hydrogen-bond acceptors (Lipinski definition) is 4. The Labute approximate surface area is 145 Å². The van der Waals surface area contributed by atoms with Crippen LogP contribution in [-0.4, -0.2) is 34.6 Å². The molecule has 2 aromatic rings. The summed E-state index contributed by atoms with van der Waals surface area (Å²) in [6, 6.07) is 18.2. The van der Waals surface area contributed by atoms with Crippen LogP contribution in [0.4, 0.5) is 10.5 Å². The molecule has 5 nitrogen and oxygen atoms in total. The van der Waals surface area contributed by atoms with Crippen molar-refractivity contribution in [3.8, 4) is 0 Å². The number of carbonyl (C=O) groups is 2. The third-order valence-corrected chi connectivity index (χ3v) is 4.68. The average Bonchev–Trinajstić information content (AvgIpc) is 3.11. The highest BCUT2D eigenvalue weighted by molar-refractivity contribution is 7.99. The molecular weight excluding hydrogens is 324 g/mol. The topological polar surface area (TPSA) is 58.6 Å². The van der Waals surface area contributed by atoms with Crippen molar-refractivity contribution in [2.24, 2.45) is 0 Å². The number of anilines is 1. The fourth-order valence-corrected chi connectivity index (χ4v) is 3.53. The van der Waals surface area contributed by atoms with E-state index < -0.39 is 12.1 Å². The molecule has 1 heterocycles. The number of hydrogen-bond donors (Lipinski definition) is 1. The van der Waals surface area contributed by atoms with Crippen molar-refractivity contribution in [2.75, 3.05) is 16.9 Å². The van der Waals surface area contributed by atoms with Gasteiger partial charge in [0.15, 0.2) is 0 Å². The lowest BCUT2D eigenvalue weighted by Gasteiger charge is -2.22. The molecule has 0 aliphatic carbocycles. The molecule has 1 N–H and O–H groups in total. The molecule has 1 atom stereocenters. The number of amides is 2. The second kappa shape index (κ2) is 7.88. The van der Waals surface area contributed by atoms with E-state index in [2.05, 4.69) is 5.32 Å². The Hall–Kier alpha value is -2.47. The molecule has 24 heavy (non-hydrogen) atoms. The predicted octanol–water partition coefficient (Wildman–Crippen LogP) is 3.34. The summed E-state index contributed by atoms with van der Waals surface area (Å²) >= 11 is 1.54. The van der Waals surface area contributed by atoms with Crippen molar-refractivity contribution in [3.63, 3.8) is 0 Å². The summed E-state index contributed by atoms with van der Waals surface area (Å²) in [6.45, 7) is 0.202. The molecule has 1 aliphatic rings. The summed E-state index contributed by atoms with van der Waals surface area (Å²) in [7, 11) is 0. The smallest absolute Gasteiger partial charge is 0.411 e. The third kappa shape index (κ3) is 4.08. The third-order valence-electron chi connectivity index (χ3n) is 3.67. The fraction of sp³-hybridized carbons (Fsp3) is 0.222. The van der Waals surface area contributed by atoms with Gasteiger partial charge in [0.2, 0.25) is 5.91 Å². The van der Waals surface area contributed by atoms with Crippen LogP contribution in [0.3, 0.4) is 0 Å². The second-order valence-electron chi connectivity index (χ2n) is 5.38. The summed E-state index contributed by atoms with van der Waals surface area (Å²) in [6.07, 6.45) is -0.461. The molecule has 1 aliphatic heterocycles. The van der Waals surface area contributed by atoms with Crippen LogP contribution in [0.5, 0.6) is 0 Å². The molecule has 6 heteroatoms. The van der Waals surface area contributed by atoms with Crippen molar-refractivity contribution < 1.29 is 14.3 Å². The van der Waals surface area contributed by atoms with E-state index in [1.807, 2.05) is 60.7 Å². The Morgan fingerprint density at radius 1 is 1.08 bits per heavy atom. The number of para-hydroxylation sites is 1. The number of rotatable bonds is 4. The van der Waals surface area contributed by atoms with Gasteiger partial charge in [-0.3, -0.25) is 9.69 Å². The van der Waals surface area contributed by atoms with Crippen molar-refractivity contribution in [2.45, 2.75) is 12.6 Å². The van der Waals surface area contributed by atoms with Crippen LogP contribution < -0.4 is 5.32 Å². The van der Waals surface area contributed by atoms with E-state index in [4.69, 9.17) is 4.74 Å². The van der Waals surface area contributed by atoms with E-state index in [1.54, 1.807) is 11.8 Å². The van der Waals surface area contributed by atoms with Gasteiger partial charge in [-0.05, 0) is 17.7 Å². The Morgan fingerprint density at radius 3 is 2.46 bits per heavy atom. The van der Waals surface area contributed by atoms with E-state index in [9.17, 15) is 9.59 Å². The van der Waals surface area contributed by atoms with E-state index in [-0.39, 0.29) is 12.5 Å². The molecule has 0 spiro atoms. The molecular formula is C18H18N2O3S. The first kappa shape index (κ1) is 16.4. The lowest BCUT2D eigenvalue weighted by molar-refractivity contribution is -0.119. The predicted molar refractivity (Wildman–Crippen MR) is 94.7 cm³/mol. The van der Waals surface area contributed by atoms with Crippen LogP contribution in [0.25, 0.3) is 0 Å². The van der Waals surface area contributed by atoms with Crippen LogP contribution in [-0.2, 0) is 16.1 Å². The van der Waals surface area contributed by atoms with Crippen molar-refractivity contribution >= 4 is 29.4 Å². The number of carbonyl (C=O) groups excluding carboxylic acids is 2. The van der Waals surface area contributed by atoms with Gasteiger partial charge in [-0.15, -0.1) is 11.8 Å². The molecule has 0 aromatic heterocycles. The standard InChI is InChI=1S/C18H18N2O3S/c21-17(19-15-9-5-2-6-10-15)16-12-24-13-20(16)18(22)23-11-14-7-3-1-4-8-14/h1-10,16H,11-13H2,(H,19,21)/t16-/m0/s1. The molecule has 0 saturated carbocycles. The van der Waals surface area contributed by atoms with Gasteiger partial charge in [0.25, 0.3) is 0 Å². The van der Waals surface area contributed by atoms with E-state index in [1.165, 1.54) is 4.90 Å². The summed E-state index contributed by atoms with van der Waals surface area (Å²) in [4.78, 5) is 26.2. The molecule has 2 aromatic carbocycles. The molecule has 0 bridgehead atoms. The Balaban J connectivity index is 1.58. The summed E-state index contributed by atoms with van der Waals surface area (Å²) in [5, 5.41) is 2.84. The van der Waals surface area contributed by atoms with Gasteiger partial charge >= 0.3 is 6.09 Å². The first-order chi connectivity index (χ1) is 11.7. The molecule has 1 saturated heterocycles. The van der Waals surface area contributed by atoms with Crippen molar-refractivity contribution in [1.82, 2.24) is 4.90 Å². The zero-order valence-electron chi connectivity index (χ0n) is 13.1. The highest BCUT2D eigenvalue weighted by Crippen LogP contribution is 2.23. The molecule has 1 fully saturated rings. The zero-order chi connectivity index (χ0) is 16.8. The van der Waals surface area contributed by atoms with E-state index in [0.29, 0.717) is 11.6 Å². The SMILES string of the molecule is O=C(Nc1ccccc1)[C@@H]1CSCN1C(=O)OCc1ccccc1. The molecule has 124 valence electrons. The monoisotopic (exact) mass is 342 g/mol. The van der Waals surface area contributed by atoms with Crippen LogP contribution in [0.15, 0.2) is 60.7 Å². The maximum atomic E-state index is 12.4. The maximum Gasteiger partial charge on any atom is 0.411 e. The molecule has 0 radical (unpaired) electrons. The van der Waals surface area contributed by atoms with Crippen LogP contribution in [0.2, 0.25) is 0 Å². The van der Waals surface area contributed by atoms with E-state index in [0.717, 1.165) is 11.3 Å². The van der Waals surface area contributed by atoms with Crippen molar-refractivity contribution in [3.05, 3.63) is 66.2 Å². The maximum absolute atomic E-state index is 12.4. The summed E-state index contributed by atoms with van der Waals surface area (Å²) in [5.41, 5.74) is 1.64. The Morgan fingerprint density at radius 2 is 1.75 bits per heavy atom. The van der Waals surface area contributed by atoms with Gasteiger partial charge in [0, 0.05) is 11.4 Å². The summed E-state index contributed by atoms with van der Waals surface area (Å²) in [5.74, 6) is 0.836. The quantitative estimate of drug-likeness (QED) is 0.926. The largest absolute Gasteiger partial charge is 0.445 e. The van der Waals surface area contributed by atoms with Crippen LogP contribution in [0, 0.1) is 0 Å². The van der Waals surface area contributed by atoms with Crippen LogP contribution in [0.1, 0.15) is 5.56 Å². The number of ether oxygens (including phenoxy) is 1. The van der Waals surface area contributed by atoms with Gasteiger partial charge in [-0.2, -0.15) is 0 Å². The van der Waals surface area contributed by atoms with E-state index >= 15 is 0 Å². The van der Waals surface area contributed by atoms with Crippen molar-refractivity contribution in [1.29, 1.82) is 0 Å². The minimum atomic E-state index is -0.515. The number of benzene rings is 2. The summed E-state index contributed by atoms with van der Waals surface area (Å²) < 4.78 is 5.34. The highest BCUT2D eigenvalue weighted by atomic mass is 32.2. The van der Waals surface area contributed by atoms with Gasteiger partial charge in [0.1, 0.15) is 12.6 Å². The second-order valence-corrected chi connectivity index (χ2v) is 6.38. The van der Waals surface area contributed by atoms with Crippen LogP contribution >= 0.6 is 11.8 Å². The van der Waals surface area contributed by atoms with Gasteiger partial charge in [0.05, 0.1) is 5.88 Å². The molecule has 3 rings (SSSR count). The minimum absolute atomic E-state index is 0.192. The first-order valence-corrected chi connectivity index (χ1v) is 8.80. The fourth-order valence-electron chi connectivity index (χ4n) is 2.39. The number of nitrogens with zero attached hydrogens (tertiary/aromatic N) is 1. The molecule has 0 unspecified atom stereocenters. The number of nitrogens with one attached hydrogen (secondary N) is 1. The highest BCUT2D eigenvalue weighted by Gasteiger charge is 2.35. The lowest BCUT2D eigenvalue weighted by Crippen LogP contribution is -2.44. The Kier molecular flexibility index (Phi) is 5.38.